The highest BCUT2D eigenvalue weighted by Crippen LogP contribution is 2.35. The van der Waals surface area contributed by atoms with Crippen LogP contribution in [-0.2, 0) is 11.2 Å². The molecule has 3 nitrogen and oxygen atoms in total. The molecule has 0 aromatic heterocycles. The second-order valence-corrected chi connectivity index (χ2v) is 6.36. The molecule has 0 bridgehead atoms. The van der Waals surface area contributed by atoms with Crippen molar-refractivity contribution in [2.45, 2.75) is 12.5 Å². The second-order valence-electron chi connectivity index (χ2n) is 4.71. The Morgan fingerprint density at radius 2 is 1.95 bits per heavy atom. The summed E-state index contributed by atoms with van der Waals surface area (Å²) in [5.41, 5.74) is 3.02. The number of nitrogens with one attached hydrogen (secondary N) is 1. The fourth-order valence-corrected chi connectivity index (χ4v) is 2.93. The Labute approximate surface area is 135 Å². The summed E-state index contributed by atoms with van der Waals surface area (Å²) in [6, 6.07) is 11.1. The molecule has 1 heterocycles. The van der Waals surface area contributed by atoms with Crippen molar-refractivity contribution in [3.05, 3.63) is 61.7 Å². The van der Waals surface area contributed by atoms with Gasteiger partial charge in [-0.15, -0.1) is 0 Å². The van der Waals surface area contributed by atoms with Gasteiger partial charge in [-0.25, -0.2) is 0 Å². The van der Waals surface area contributed by atoms with Gasteiger partial charge in [0.1, 0.15) is 6.10 Å². The van der Waals surface area contributed by atoms with E-state index >= 15 is 0 Å². The van der Waals surface area contributed by atoms with E-state index in [1.165, 1.54) is 0 Å². The number of aliphatic hydroxyl groups excluding tert-OH is 1. The SMILES string of the molecule is O=C1Cc2cc(C(O)c3ccc(I)cc3)c(Cl)cc2N1. The number of rotatable bonds is 2. The number of fused-ring (bicyclic) bond motifs is 1. The van der Waals surface area contributed by atoms with Crippen LogP contribution >= 0.6 is 34.2 Å². The van der Waals surface area contributed by atoms with Crippen LogP contribution in [0.2, 0.25) is 5.02 Å². The van der Waals surface area contributed by atoms with E-state index in [1.54, 1.807) is 12.1 Å². The van der Waals surface area contributed by atoms with Gasteiger partial charge in [-0.1, -0.05) is 23.7 Å². The Kier molecular flexibility index (Phi) is 3.70. The largest absolute Gasteiger partial charge is 0.384 e. The summed E-state index contributed by atoms with van der Waals surface area (Å²) < 4.78 is 1.10. The number of hydrogen-bond acceptors (Lipinski definition) is 2. The minimum atomic E-state index is -0.791. The van der Waals surface area contributed by atoms with Gasteiger partial charge in [-0.2, -0.15) is 0 Å². The highest BCUT2D eigenvalue weighted by molar-refractivity contribution is 14.1. The molecule has 3 rings (SSSR count). The lowest BCUT2D eigenvalue weighted by atomic mass is 9.98. The summed E-state index contributed by atoms with van der Waals surface area (Å²) in [5.74, 6) is -0.0445. The molecule has 0 fully saturated rings. The molecule has 1 amide bonds. The van der Waals surface area contributed by atoms with Crippen LogP contribution in [0.15, 0.2) is 36.4 Å². The van der Waals surface area contributed by atoms with Crippen LogP contribution in [0.25, 0.3) is 0 Å². The van der Waals surface area contributed by atoms with Crippen LogP contribution < -0.4 is 5.32 Å². The van der Waals surface area contributed by atoms with Crippen molar-refractivity contribution in [3.63, 3.8) is 0 Å². The number of carbonyl (C=O) groups is 1. The first-order valence-electron chi connectivity index (χ1n) is 6.10. The number of amides is 1. The molecule has 1 atom stereocenters. The maximum atomic E-state index is 11.4. The Hall–Kier alpha value is -1.11. The summed E-state index contributed by atoms with van der Waals surface area (Å²) in [6.07, 6.45) is -0.459. The van der Waals surface area contributed by atoms with Crippen molar-refractivity contribution in [1.29, 1.82) is 0 Å². The molecule has 5 heteroatoms. The number of carbonyl (C=O) groups excluding carboxylic acids is 1. The fraction of sp³-hybridized carbons (Fsp3) is 0.133. The first-order valence-corrected chi connectivity index (χ1v) is 7.56. The Morgan fingerprint density at radius 1 is 1.25 bits per heavy atom. The van der Waals surface area contributed by atoms with Gasteiger partial charge in [-0.3, -0.25) is 4.79 Å². The van der Waals surface area contributed by atoms with E-state index in [2.05, 4.69) is 27.9 Å². The van der Waals surface area contributed by atoms with Crippen LogP contribution in [0.5, 0.6) is 0 Å². The van der Waals surface area contributed by atoms with E-state index in [4.69, 9.17) is 11.6 Å². The van der Waals surface area contributed by atoms with Gasteiger partial charge in [0.2, 0.25) is 5.91 Å². The molecule has 0 radical (unpaired) electrons. The zero-order valence-electron chi connectivity index (χ0n) is 10.4. The quantitative estimate of drug-likeness (QED) is 0.759. The van der Waals surface area contributed by atoms with Crippen LogP contribution in [0, 0.1) is 3.57 Å². The third kappa shape index (κ3) is 2.55. The van der Waals surface area contributed by atoms with Crippen LogP contribution in [0.1, 0.15) is 22.8 Å². The molecule has 0 aliphatic carbocycles. The molecule has 1 aliphatic rings. The maximum absolute atomic E-state index is 11.4. The lowest BCUT2D eigenvalue weighted by Gasteiger charge is -2.15. The van der Waals surface area contributed by atoms with Gasteiger partial charge < -0.3 is 10.4 Å². The Bertz CT molecular complexity index is 685. The van der Waals surface area contributed by atoms with Crippen molar-refractivity contribution in [2.24, 2.45) is 0 Å². The van der Waals surface area contributed by atoms with Gasteiger partial charge in [0.05, 0.1) is 6.42 Å². The van der Waals surface area contributed by atoms with Crippen molar-refractivity contribution in [1.82, 2.24) is 0 Å². The Morgan fingerprint density at radius 3 is 2.65 bits per heavy atom. The fourth-order valence-electron chi connectivity index (χ4n) is 2.30. The van der Waals surface area contributed by atoms with Crippen LogP contribution in [-0.4, -0.2) is 11.0 Å². The van der Waals surface area contributed by atoms with Gasteiger partial charge in [0.25, 0.3) is 0 Å². The zero-order valence-corrected chi connectivity index (χ0v) is 13.3. The molecule has 102 valence electrons. The van der Waals surface area contributed by atoms with E-state index in [0.717, 1.165) is 20.4 Å². The number of halogens is 2. The van der Waals surface area contributed by atoms with Crippen molar-refractivity contribution in [2.75, 3.05) is 5.32 Å². The van der Waals surface area contributed by atoms with Gasteiger partial charge in [0, 0.05) is 19.8 Å². The van der Waals surface area contributed by atoms with E-state index in [0.29, 0.717) is 17.0 Å². The average Bonchev–Trinajstić information content (AvgIpc) is 2.77. The molecule has 0 saturated carbocycles. The minimum Gasteiger partial charge on any atom is -0.384 e. The van der Waals surface area contributed by atoms with Crippen LogP contribution in [0.4, 0.5) is 5.69 Å². The third-order valence-corrected chi connectivity index (χ3v) is 4.37. The predicted octanol–water partition coefficient (Wildman–Crippen LogP) is 3.52. The molecular weight excluding hydrogens is 389 g/mol. The first kappa shape index (κ1) is 13.9. The van der Waals surface area contributed by atoms with Crippen molar-refractivity contribution < 1.29 is 9.90 Å². The Balaban J connectivity index is 2.00. The molecule has 0 spiro atoms. The summed E-state index contributed by atoms with van der Waals surface area (Å²) >= 11 is 8.43. The minimum absolute atomic E-state index is 0.0445. The molecule has 1 aliphatic heterocycles. The lowest BCUT2D eigenvalue weighted by molar-refractivity contribution is -0.115. The van der Waals surface area contributed by atoms with E-state index < -0.39 is 6.10 Å². The van der Waals surface area contributed by atoms with Gasteiger partial charge in [0.15, 0.2) is 0 Å². The second kappa shape index (κ2) is 5.35. The maximum Gasteiger partial charge on any atom is 0.228 e. The normalized spacial score (nSPS) is 14.8. The van der Waals surface area contributed by atoms with Crippen molar-refractivity contribution in [3.8, 4) is 0 Å². The molecule has 2 N–H and O–H groups in total. The topological polar surface area (TPSA) is 49.3 Å². The summed E-state index contributed by atoms with van der Waals surface area (Å²) in [4.78, 5) is 11.4. The molecule has 2 aromatic rings. The van der Waals surface area contributed by atoms with E-state index in [9.17, 15) is 9.90 Å². The molecular formula is C15H11ClINO2. The number of benzene rings is 2. The monoisotopic (exact) mass is 399 g/mol. The van der Waals surface area contributed by atoms with Crippen LogP contribution in [0.3, 0.4) is 0 Å². The summed E-state index contributed by atoms with van der Waals surface area (Å²) in [5, 5.41) is 13.7. The zero-order chi connectivity index (χ0) is 14.3. The predicted molar refractivity (Wildman–Crippen MR) is 87.0 cm³/mol. The average molecular weight is 400 g/mol. The number of hydrogen-bond donors (Lipinski definition) is 2. The summed E-state index contributed by atoms with van der Waals surface area (Å²) in [6.45, 7) is 0. The third-order valence-electron chi connectivity index (χ3n) is 3.33. The van der Waals surface area contributed by atoms with E-state index in [1.807, 2.05) is 24.3 Å². The van der Waals surface area contributed by atoms with Crippen molar-refractivity contribution >= 4 is 45.8 Å². The van der Waals surface area contributed by atoms with E-state index in [-0.39, 0.29) is 5.91 Å². The molecule has 0 saturated heterocycles. The molecule has 1 unspecified atom stereocenters. The number of aliphatic hydroxyl groups is 1. The van der Waals surface area contributed by atoms with Gasteiger partial charge in [-0.05, 0) is 58.0 Å². The summed E-state index contributed by atoms with van der Waals surface area (Å²) in [7, 11) is 0. The molecule has 20 heavy (non-hydrogen) atoms. The highest BCUT2D eigenvalue weighted by atomic mass is 127. The molecule has 2 aromatic carbocycles. The highest BCUT2D eigenvalue weighted by Gasteiger charge is 2.22. The number of anilines is 1. The first-order chi connectivity index (χ1) is 9.54. The standard InChI is InChI=1S/C15H11ClINO2/c16-12-7-13-9(6-14(19)18-13)5-11(12)15(20)8-1-3-10(17)4-2-8/h1-5,7,15,20H,6H2,(H,18,19). The smallest absolute Gasteiger partial charge is 0.228 e. The van der Waals surface area contributed by atoms with Gasteiger partial charge >= 0.3 is 0 Å². The lowest BCUT2D eigenvalue weighted by Crippen LogP contribution is -2.03.